The van der Waals surface area contributed by atoms with Crippen molar-refractivity contribution in [3.05, 3.63) is 77.6 Å². The molecule has 0 spiro atoms. The predicted molar refractivity (Wildman–Crippen MR) is 88.5 cm³/mol. The fraction of sp³-hybridized carbons (Fsp3) is 0.158. The number of halogens is 1. The van der Waals surface area contributed by atoms with Crippen LogP contribution >= 0.6 is 0 Å². The Hall–Kier alpha value is -2.95. The van der Waals surface area contributed by atoms with E-state index < -0.39 is 5.97 Å². The fourth-order valence-corrected chi connectivity index (χ4v) is 3.06. The summed E-state index contributed by atoms with van der Waals surface area (Å²) < 4.78 is 18.0. The van der Waals surface area contributed by atoms with Crippen LogP contribution in [0.2, 0.25) is 0 Å². The highest BCUT2D eigenvalue weighted by atomic mass is 19.1. The topological polar surface area (TPSA) is 46.6 Å². The summed E-state index contributed by atoms with van der Waals surface area (Å²) in [6.45, 7) is 3.75. The molecule has 0 N–H and O–H groups in total. The van der Waals surface area contributed by atoms with Crippen LogP contribution in [0.3, 0.4) is 0 Å². The Morgan fingerprint density at radius 3 is 2.62 bits per heavy atom. The standard InChI is InChI=1S/C19H16FNO3/c1-3-5-16-14-6-4-7-15(19(23)24-2)17(14)18(22)21(16)13-10-8-12(20)9-11-13/h3-4,6-11,16H,1,5H2,2H3. The van der Waals surface area contributed by atoms with Gasteiger partial charge in [0.05, 0.1) is 24.3 Å². The molecule has 1 atom stereocenters. The van der Waals surface area contributed by atoms with Crippen molar-refractivity contribution in [2.45, 2.75) is 12.5 Å². The minimum atomic E-state index is -0.557. The highest BCUT2D eigenvalue weighted by molar-refractivity contribution is 6.16. The van der Waals surface area contributed by atoms with E-state index in [2.05, 4.69) is 6.58 Å². The van der Waals surface area contributed by atoms with Crippen LogP contribution in [-0.2, 0) is 4.74 Å². The number of nitrogens with zero attached hydrogens (tertiary/aromatic N) is 1. The van der Waals surface area contributed by atoms with Crippen LogP contribution in [0, 0.1) is 5.82 Å². The van der Waals surface area contributed by atoms with Crippen LogP contribution in [-0.4, -0.2) is 19.0 Å². The molecule has 1 aliphatic heterocycles. The summed E-state index contributed by atoms with van der Waals surface area (Å²) in [5.74, 6) is -1.23. The molecule has 1 heterocycles. The first kappa shape index (κ1) is 15.9. The number of ether oxygens (including phenoxy) is 1. The fourth-order valence-electron chi connectivity index (χ4n) is 3.06. The van der Waals surface area contributed by atoms with Crippen molar-refractivity contribution in [3.63, 3.8) is 0 Å². The molecule has 3 rings (SSSR count). The van der Waals surface area contributed by atoms with E-state index in [1.807, 2.05) is 6.07 Å². The third kappa shape index (κ3) is 2.48. The van der Waals surface area contributed by atoms with E-state index in [0.717, 1.165) is 5.56 Å². The van der Waals surface area contributed by atoms with Gasteiger partial charge in [-0.05, 0) is 42.3 Å². The number of rotatable bonds is 4. The van der Waals surface area contributed by atoms with Crippen molar-refractivity contribution in [1.82, 2.24) is 0 Å². The third-order valence-corrected chi connectivity index (χ3v) is 4.10. The second kappa shape index (κ2) is 6.28. The van der Waals surface area contributed by atoms with Crippen molar-refractivity contribution in [3.8, 4) is 0 Å². The average Bonchev–Trinajstić information content (AvgIpc) is 2.88. The van der Waals surface area contributed by atoms with Crippen molar-refractivity contribution in [1.29, 1.82) is 0 Å². The lowest BCUT2D eigenvalue weighted by Crippen LogP contribution is -2.28. The number of fused-ring (bicyclic) bond motifs is 1. The maximum Gasteiger partial charge on any atom is 0.338 e. The number of anilines is 1. The lowest BCUT2D eigenvalue weighted by molar-refractivity contribution is 0.0597. The number of hydrogen-bond donors (Lipinski definition) is 0. The van der Waals surface area contributed by atoms with Crippen LogP contribution in [0.5, 0.6) is 0 Å². The maximum atomic E-state index is 13.2. The molecular formula is C19H16FNO3. The van der Waals surface area contributed by atoms with Gasteiger partial charge in [0, 0.05) is 5.69 Å². The van der Waals surface area contributed by atoms with Crippen LogP contribution in [0.25, 0.3) is 0 Å². The maximum absolute atomic E-state index is 13.2. The molecule has 1 unspecified atom stereocenters. The quantitative estimate of drug-likeness (QED) is 0.633. The lowest BCUT2D eigenvalue weighted by atomic mass is 9.98. The van der Waals surface area contributed by atoms with Gasteiger partial charge in [-0.1, -0.05) is 18.2 Å². The Morgan fingerprint density at radius 2 is 2.00 bits per heavy atom. The highest BCUT2D eigenvalue weighted by Crippen LogP contribution is 2.41. The van der Waals surface area contributed by atoms with Crippen molar-refractivity contribution < 1.29 is 18.7 Å². The molecule has 0 radical (unpaired) electrons. The van der Waals surface area contributed by atoms with E-state index >= 15 is 0 Å². The van der Waals surface area contributed by atoms with E-state index in [4.69, 9.17) is 4.74 Å². The predicted octanol–water partition coefficient (Wildman–Crippen LogP) is 3.89. The molecule has 0 bridgehead atoms. The van der Waals surface area contributed by atoms with Gasteiger partial charge < -0.3 is 9.64 Å². The third-order valence-electron chi connectivity index (χ3n) is 4.10. The van der Waals surface area contributed by atoms with Gasteiger partial charge in [-0.3, -0.25) is 4.79 Å². The number of carbonyl (C=O) groups is 2. The van der Waals surface area contributed by atoms with E-state index in [9.17, 15) is 14.0 Å². The largest absolute Gasteiger partial charge is 0.465 e. The normalized spacial score (nSPS) is 16.0. The number of carbonyl (C=O) groups excluding carboxylic acids is 2. The highest BCUT2D eigenvalue weighted by Gasteiger charge is 2.39. The van der Waals surface area contributed by atoms with Crippen molar-refractivity contribution >= 4 is 17.6 Å². The second-order valence-electron chi connectivity index (χ2n) is 5.45. The van der Waals surface area contributed by atoms with Gasteiger partial charge in [-0.15, -0.1) is 6.58 Å². The summed E-state index contributed by atoms with van der Waals surface area (Å²) in [6, 6.07) is 10.5. The van der Waals surface area contributed by atoms with E-state index in [-0.39, 0.29) is 23.3 Å². The van der Waals surface area contributed by atoms with Gasteiger partial charge in [0.15, 0.2) is 0 Å². The Labute approximate surface area is 139 Å². The number of hydrogen-bond acceptors (Lipinski definition) is 3. The Balaban J connectivity index is 2.15. The molecule has 2 aromatic rings. The number of amides is 1. The molecule has 0 aromatic heterocycles. The number of methoxy groups -OCH3 is 1. The summed E-state index contributed by atoms with van der Waals surface area (Å²) in [5, 5.41) is 0. The first-order chi connectivity index (χ1) is 11.6. The summed E-state index contributed by atoms with van der Waals surface area (Å²) in [6.07, 6.45) is 2.23. The Bertz CT molecular complexity index is 814. The van der Waals surface area contributed by atoms with Crippen molar-refractivity contribution in [2.75, 3.05) is 12.0 Å². The monoisotopic (exact) mass is 325 g/mol. The Morgan fingerprint density at radius 1 is 1.29 bits per heavy atom. The van der Waals surface area contributed by atoms with Crippen LogP contribution in [0.1, 0.15) is 38.7 Å². The molecule has 0 saturated carbocycles. The lowest BCUT2D eigenvalue weighted by Gasteiger charge is -2.24. The molecule has 4 nitrogen and oxygen atoms in total. The van der Waals surface area contributed by atoms with E-state index in [1.54, 1.807) is 35.2 Å². The molecule has 5 heteroatoms. The zero-order chi connectivity index (χ0) is 17.3. The average molecular weight is 325 g/mol. The smallest absolute Gasteiger partial charge is 0.338 e. The first-order valence-corrected chi connectivity index (χ1v) is 7.49. The SMILES string of the molecule is C=CCC1c2cccc(C(=O)OC)c2C(=O)N1c1ccc(F)cc1. The summed E-state index contributed by atoms with van der Waals surface area (Å²) in [4.78, 5) is 26.6. The van der Waals surface area contributed by atoms with Crippen LogP contribution in [0.15, 0.2) is 55.1 Å². The Kier molecular flexibility index (Phi) is 4.16. The minimum absolute atomic E-state index is 0.235. The van der Waals surface area contributed by atoms with E-state index in [0.29, 0.717) is 17.7 Å². The molecule has 0 fully saturated rings. The van der Waals surface area contributed by atoms with Crippen molar-refractivity contribution in [2.24, 2.45) is 0 Å². The summed E-state index contributed by atoms with van der Waals surface area (Å²) in [7, 11) is 1.28. The van der Waals surface area contributed by atoms with Gasteiger partial charge >= 0.3 is 5.97 Å². The van der Waals surface area contributed by atoms with Gasteiger partial charge in [-0.2, -0.15) is 0 Å². The first-order valence-electron chi connectivity index (χ1n) is 7.49. The summed E-state index contributed by atoms with van der Waals surface area (Å²) >= 11 is 0. The molecule has 1 aliphatic rings. The molecule has 122 valence electrons. The molecule has 1 amide bonds. The van der Waals surface area contributed by atoms with Gasteiger partial charge in [0.1, 0.15) is 5.82 Å². The van der Waals surface area contributed by atoms with Crippen LogP contribution in [0.4, 0.5) is 10.1 Å². The number of esters is 1. The zero-order valence-corrected chi connectivity index (χ0v) is 13.2. The molecule has 24 heavy (non-hydrogen) atoms. The van der Waals surface area contributed by atoms with E-state index in [1.165, 1.54) is 19.2 Å². The van der Waals surface area contributed by atoms with Gasteiger partial charge in [-0.25, -0.2) is 9.18 Å². The molecular weight excluding hydrogens is 309 g/mol. The molecule has 0 aliphatic carbocycles. The molecule has 2 aromatic carbocycles. The second-order valence-corrected chi connectivity index (χ2v) is 5.45. The summed E-state index contributed by atoms with van der Waals surface area (Å²) in [5.41, 5.74) is 1.88. The zero-order valence-electron chi connectivity index (χ0n) is 13.2. The molecule has 0 saturated heterocycles. The number of benzene rings is 2. The van der Waals surface area contributed by atoms with Gasteiger partial charge in [0.2, 0.25) is 0 Å². The van der Waals surface area contributed by atoms with Gasteiger partial charge in [0.25, 0.3) is 5.91 Å². The van der Waals surface area contributed by atoms with Crippen LogP contribution < -0.4 is 4.90 Å². The minimum Gasteiger partial charge on any atom is -0.465 e.